The van der Waals surface area contributed by atoms with E-state index in [1.807, 2.05) is 6.92 Å². The molecule has 2 N–H and O–H groups in total. The highest BCUT2D eigenvalue weighted by atomic mass is 19.3. The summed E-state index contributed by atoms with van der Waals surface area (Å²) in [7, 11) is 0. The lowest BCUT2D eigenvalue weighted by molar-refractivity contribution is 0.0181. The molecule has 0 fully saturated rings. The molecule has 0 unspecified atom stereocenters. The number of nitrogen functional groups attached to an aromatic ring is 1. The molecule has 0 saturated heterocycles. The largest absolute Gasteiger partial charge is 0.367 e. The van der Waals surface area contributed by atoms with Crippen molar-refractivity contribution in [1.82, 2.24) is 5.16 Å². The van der Waals surface area contributed by atoms with Gasteiger partial charge in [0.25, 0.3) is 5.92 Å². The van der Waals surface area contributed by atoms with Crippen LogP contribution in [0.1, 0.15) is 18.1 Å². The van der Waals surface area contributed by atoms with Crippen molar-refractivity contribution in [2.24, 2.45) is 0 Å². The minimum atomic E-state index is -2.94. The number of hydrogen-bond donors (Lipinski definition) is 1. The van der Waals surface area contributed by atoms with Crippen molar-refractivity contribution < 1.29 is 13.3 Å². The zero-order valence-electron chi connectivity index (χ0n) is 9.50. The van der Waals surface area contributed by atoms with Gasteiger partial charge in [-0.05, 0) is 12.5 Å². The fourth-order valence-corrected chi connectivity index (χ4v) is 1.71. The number of hydrogen-bond acceptors (Lipinski definition) is 3. The van der Waals surface area contributed by atoms with E-state index < -0.39 is 5.92 Å². The number of aromatic nitrogens is 1. The minimum absolute atomic E-state index is 0.0427. The first-order valence-corrected chi connectivity index (χ1v) is 5.09. The number of nitrogens with zero attached hydrogens (tertiary/aromatic N) is 1. The first kappa shape index (κ1) is 11.6. The van der Waals surface area contributed by atoms with Crippen LogP contribution >= 0.6 is 0 Å². The average Bonchev–Trinajstić information content (AvgIpc) is 2.62. The van der Waals surface area contributed by atoms with Crippen molar-refractivity contribution in [3.63, 3.8) is 0 Å². The molecule has 0 spiro atoms. The molecule has 0 bridgehead atoms. The quantitative estimate of drug-likeness (QED) is 0.872. The molecule has 0 amide bonds. The SMILES string of the molecule is Cc1ccc(C(C)(F)F)c(-c2cnoc2N)c1. The molecule has 0 saturated carbocycles. The molecular weight excluding hydrogens is 226 g/mol. The van der Waals surface area contributed by atoms with Gasteiger partial charge >= 0.3 is 0 Å². The van der Waals surface area contributed by atoms with Crippen molar-refractivity contribution in [2.45, 2.75) is 19.8 Å². The van der Waals surface area contributed by atoms with Crippen LogP contribution in [0, 0.1) is 6.92 Å². The Hall–Kier alpha value is -1.91. The van der Waals surface area contributed by atoms with Crippen molar-refractivity contribution in [1.29, 1.82) is 0 Å². The monoisotopic (exact) mass is 238 g/mol. The molecule has 1 heterocycles. The van der Waals surface area contributed by atoms with Gasteiger partial charge in [0.1, 0.15) is 0 Å². The van der Waals surface area contributed by atoms with Crippen LogP contribution in [0.25, 0.3) is 11.1 Å². The third-order valence-corrected chi connectivity index (χ3v) is 2.54. The number of rotatable bonds is 2. The van der Waals surface area contributed by atoms with Crippen molar-refractivity contribution >= 4 is 5.88 Å². The van der Waals surface area contributed by atoms with Crippen LogP contribution in [0.15, 0.2) is 28.9 Å². The maximum atomic E-state index is 13.5. The molecule has 3 nitrogen and oxygen atoms in total. The number of benzene rings is 1. The van der Waals surface area contributed by atoms with E-state index in [2.05, 4.69) is 5.16 Å². The van der Waals surface area contributed by atoms with E-state index in [1.54, 1.807) is 12.1 Å². The molecule has 2 aromatic rings. The third kappa shape index (κ3) is 2.13. The van der Waals surface area contributed by atoms with Crippen LogP contribution in [0.3, 0.4) is 0 Å². The van der Waals surface area contributed by atoms with E-state index in [-0.39, 0.29) is 11.4 Å². The van der Waals surface area contributed by atoms with Crippen LogP contribution in [-0.4, -0.2) is 5.16 Å². The molecular formula is C12H12F2N2O. The number of nitrogens with two attached hydrogens (primary N) is 1. The van der Waals surface area contributed by atoms with Crippen LogP contribution in [-0.2, 0) is 5.92 Å². The lowest BCUT2D eigenvalue weighted by atomic mass is 9.96. The van der Waals surface area contributed by atoms with Gasteiger partial charge in [-0.15, -0.1) is 0 Å². The summed E-state index contributed by atoms with van der Waals surface area (Å²) in [5, 5.41) is 3.51. The molecule has 1 aromatic carbocycles. The van der Waals surface area contributed by atoms with Crippen molar-refractivity contribution in [3.05, 3.63) is 35.5 Å². The summed E-state index contributed by atoms with van der Waals surface area (Å²) in [6.45, 7) is 2.68. The Morgan fingerprint density at radius 2 is 2.00 bits per heavy atom. The van der Waals surface area contributed by atoms with E-state index in [9.17, 15) is 8.78 Å². The van der Waals surface area contributed by atoms with Crippen LogP contribution in [0.4, 0.5) is 14.7 Å². The topological polar surface area (TPSA) is 52.0 Å². The Morgan fingerprint density at radius 1 is 1.29 bits per heavy atom. The molecule has 2 rings (SSSR count). The van der Waals surface area contributed by atoms with E-state index in [1.165, 1.54) is 12.3 Å². The fourth-order valence-electron chi connectivity index (χ4n) is 1.71. The Kier molecular flexibility index (Phi) is 2.61. The first-order valence-electron chi connectivity index (χ1n) is 5.09. The molecule has 90 valence electrons. The number of alkyl halides is 2. The Bertz CT molecular complexity index is 544. The first-order chi connectivity index (χ1) is 7.89. The van der Waals surface area contributed by atoms with Gasteiger partial charge in [-0.25, -0.2) is 8.78 Å². The van der Waals surface area contributed by atoms with Gasteiger partial charge in [-0.2, -0.15) is 0 Å². The van der Waals surface area contributed by atoms with Crippen molar-refractivity contribution in [3.8, 4) is 11.1 Å². The Morgan fingerprint density at radius 3 is 2.53 bits per heavy atom. The third-order valence-electron chi connectivity index (χ3n) is 2.54. The minimum Gasteiger partial charge on any atom is -0.367 e. The molecule has 0 aliphatic carbocycles. The summed E-state index contributed by atoms with van der Waals surface area (Å²) in [4.78, 5) is 0. The van der Waals surface area contributed by atoms with Crippen LogP contribution in [0.5, 0.6) is 0 Å². The normalized spacial score (nSPS) is 11.8. The molecule has 0 radical (unpaired) electrons. The second kappa shape index (κ2) is 3.84. The van der Waals surface area contributed by atoms with E-state index in [0.29, 0.717) is 11.1 Å². The molecule has 5 heteroatoms. The second-order valence-electron chi connectivity index (χ2n) is 4.04. The van der Waals surface area contributed by atoms with E-state index in [0.717, 1.165) is 12.5 Å². The van der Waals surface area contributed by atoms with Gasteiger partial charge in [0.05, 0.1) is 11.8 Å². The number of aryl methyl sites for hydroxylation is 1. The van der Waals surface area contributed by atoms with Crippen LogP contribution in [0.2, 0.25) is 0 Å². The average molecular weight is 238 g/mol. The van der Waals surface area contributed by atoms with Gasteiger partial charge in [0, 0.05) is 12.5 Å². The van der Waals surface area contributed by atoms with E-state index >= 15 is 0 Å². The highest BCUT2D eigenvalue weighted by molar-refractivity contribution is 5.75. The molecule has 0 atom stereocenters. The van der Waals surface area contributed by atoms with Gasteiger partial charge in [-0.1, -0.05) is 28.9 Å². The Balaban J connectivity index is 2.68. The summed E-state index contributed by atoms with van der Waals surface area (Å²) in [5.41, 5.74) is 7.10. The standard InChI is InChI=1S/C12H12F2N2O/c1-7-3-4-10(12(2,13)14)8(5-7)9-6-16-17-11(9)15/h3-6H,15H2,1-2H3. The van der Waals surface area contributed by atoms with Gasteiger partial charge < -0.3 is 10.3 Å². The zero-order chi connectivity index (χ0) is 12.6. The Labute approximate surface area is 97.2 Å². The molecule has 0 aliphatic heterocycles. The number of anilines is 1. The molecule has 17 heavy (non-hydrogen) atoms. The highest BCUT2D eigenvalue weighted by Gasteiger charge is 2.29. The lowest BCUT2D eigenvalue weighted by Gasteiger charge is -2.15. The maximum absolute atomic E-state index is 13.5. The van der Waals surface area contributed by atoms with Crippen molar-refractivity contribution in [2.75, 3.05) is 5.73 Å². The van der Waals surface area contributed by atoms with Gasteiger partial charge in [0.2, 0.25) is 5.88 Å². The van der Waals surface area contributed by atoms with Gasteiger partial charge in [-0.3, -0.25) is 0 Å². The maximum Gasteiger partial charge on any atom is 0.271 e. The fraction of sp³-hybridized carbons (Fsp3) is 0.250. The summed E-state index contributed by atoms with van der Waals surface area (Å²) in [6.07, 6.45) is 1.35. The lowest BCUT2D eigenvalue weighted by Crippen LogP contribution is -2.09. The predicted octanol–water partition coefficient (Wildman–Crippen LogP) is 3.34. The van der Waals surface area contributed by atoms with Crippen LogP contribution < -0.4 is 5.73 Å². The summed E-state index contributed by atoms with van der Waals surface area (Å²) in [5.74, 6) is -2.90. The van der Waals surface area contributed by atoms with Gasteiger partial charge in [0.15, 0.2) is 0 Å². The smallest absolute Gasteiger partial charge is 0.271 e. The number of halogens is 2. The summed E-state index contributed by atoms with van der Waals surface area (Å²) >= 11 is 0. The zero-order valence-corrected chi connectivity index (χ0v) is 9.50. The second-order valence-corrected chi connectivity index (χ2v) is 4.04. The summed E-state index contributed by atoms with van der Waals surface area (Å²) in [6, 6.07) is 4.69. The predicted molar refractivity (Wildman–Crippen MR) is 60.7 cm³/mol. The van der Waals surface area contributed by atoms with E-state index in [4.69, 9.17) is 10.3 Å². The molecule has 0 aliphatic rings. The highest BCUT2D eigenvalue weighted by Crippen LogP contribution is 2.38. The summed E-state index contributed by atoms with van der Waals surface area (Å²) < 4.78 is 31.7. The molecule has 1 aromatic heterocycles.